The quantitative estimate of drug-likeness (QED) is 0.272. The van der Waals surface area contributed by atoms with Gasteiger partial charge in [0.1, 0.15) is 12.1 Å². The number of carbonyl (C=O) groups is 6. The summed E-state index contributed by atoms with van der Waals surface area (Å²) in [4.78, 5) is 92.4. The molecule has 2 saturated carbocycles. The minimum Gasteiger partial charge on any atom is -0.387 e. The second-order valence-corrected chi connectivity index (χ2v) is 17.4. The first kappa shape index (κ1) is 39.7. The van der Waals surface area contributed by atoms with Crippen LogP contribution < -0.4 is 16.0 Å². The maximum Gasteiger partial charge on any atom is 0.289 e. The molecule has 14 heteroatoms. The molecule has 4 fully saturated rings. The van der Waals surface area contributed by atoms with Crippen LogP contribution in [0.5, 0.6) is 0 Å². The summed E-state index contributed by atoms with van der Waals surface area (Å²) >= 11 is 6.28. The van der Waals surface area contributed by atoms with Crippen molar-refractivity contribution in [1.82, 2.24) is 25.8 Å². The maximum atomic E-state index is 14.9. The van der Waals surface area contributed by atoms with E-state index >= 15 is 0 Å². The number of carbonyl (C=O) groups excluding carboxylic acids is 6. The second-order valence-electron chi connectivity index (χ2n) is 17.0. The van der Waals surface area contributed by atoms with Crippen LogP contribution in [0.2, 0.25) is 5.02 Å². The zero-order valence-corrected chi connectivity index (χ0v) is 32.7. The Morgan fingerprint density at radius 2 is 1.67 bits per heavy atom. The average molecular weight is 767 g/mol. The average Bonchev–Trinajstić information content (AvgIpc) is 3.49. The number of rotatable bonds is 12. The number of Topliss-reactive ketones (excluding diaryl/α,β-unsaturated/α-hetero) is 1. The predicted molar refractivity (Wildman–Crippen MR) is 202 cm³/mol. The summed E-state index contributed by atoms with van der Waals surface area (Å²) in [5.41, 5.74) is -0.474. The highest BCUT2D eigenvalue weighted by molar-refractivity contribution is 6.38. The van der Waals surface area contributed by atoms with E-state index in [1.54, 1.807) is 12.1 Å². The lowest BCUT2D eigenvalue weighted by molar-refractivity contribution is -0.147. The number of ketones is 1. The minimum atomic E-state index is -1.09. The molecule has 54 heavy (non-hydrogen) atoms. The lowest BCUT2D eigenvalue weighted by atomic mass is 9.77. The molecule has 1 spiro atoms. The third kappa shape index (κ3) is 8.92. The standard InChI is InChI=1S/C40H55ClN6O7/c1-5-11-29(32(48)36(51)42-26-16-17-26)43-35(50)31-22-40(21-30(45-54-40)24-12-10-13-25(41)20-24)23-47(31)38(53)33(39(2,3)4)44-34(49)27-14-6-7-15-28(27)37(52)46-18-8-9-19-46/h10,12-13,20,26-29,31,33H,5-9,11,14-19,21-23H2,1-4H3,(H,42,51)(H,43,50)(H,44,49)/t27?,28?,29-,31-,33+,40+/m0/s1. The van der Waals surface area contributed by atoms with E-state index in [2.05, 4.69) is 21.1 Å². The number of hydrogen-bond donors (Lipinski definition) is 3. The molecule has 3 aliphatic heterocycles. The third-order valence-corrected chi connectivity index (χ3v) is 11.8. The molecule has 294 valence electrons. The van der Waals surface area contributed by atoms with Crippen molar-refractivity contribution in [3.05, 3.63) is 34.9 Å². The van der Waals surface area contributed by atoms with E-state index in [0.717, 1.165) is 44.1 Å². The Kier molecular flexibility index (Phi) is 12.0. The molecular formula is C40H55ClN6O7. The number of hydrogen-bond acceptors (Lipinski definition) is 8. The van der Waals surface area contributed by atoms with Gasteiger partial charge in [0, 0.05) is 54.4 Å². The van der Waals surface area contributed by atoms with Gasteiger partial charge in [-0.05, 0) is 62.5 Å². The highest BCUT2D eigenvalue weighted by atomic mass is 35.5. The summed E-state index contributed by atoms with van der Waals surface area (Å²) in [5.74, 6) is -3.86. The van der Waals surface area contributed by atoms with Crippen molar-refractivity contribution in [3.8, 4) is 0 Å². The first-order valence-corrected chi connectivity index (χ1v) is 20.1. The fraction of sp³-hybridized carbons (Fsp3) is 0.675. The fourth-order valence-electron chi connectivity index (χ4n) is 8.40. The third-order valence-electron chi connectivity index (χ3n) is 11.6. The van der Waals surface area contributed by atoms with Crippen LogP contribution >= 0.6 is 11.6 Å². The molecule has 3 N–H and O–H groups in total. The SMILES string of the molecule is CCC[C@H](NC(=O)[C@@H]1C[C@]2(CC(c3cccc(Cl)c3)=NO2)CN1C(=O)[C@@H](NC(=O)C1CCCCC1C(=O)N1CCCC1)C(C)(C)C)C(=O)C(=O)NC1CC1. The summed E-state index contributed by atoms with van der Waals surface area (Å²) in [6, 6.07) is 3.96. The van der Waals surface area contributed by atoms with Crippen molar-refractivity contribution in [3.63, 3.8) is 0 Å². The smallest absolute Gasteiger partial charge is 0.289 e. The number of amides is 5. The van der Waals surface area contributed by atoms with Crippen molar-refractivity contribution in [1.29, 1.82) is 0 Å². The Bertz CT molecular complexity index is 1670. The fourth-order valence-corrected chi connectivity index (χ4v) is 8.59. The van der Waals surface area contributed by atoms with Gasteiger partial charge in [-0.2, -0.15) is 0 Å². The van der Waals surface area contributed by atoms with E-state index in [4.69, 9.17) is 16.4 Å². The molecule has 1 aromatic carbocycles. The summed E-state index contributed by atoms with van der Waals surface area (Å²) in [6.45, 7) is 8.82. The van der Waals surface area contributed by atoms with Gasteiger partial charge in [0.2, 0.25) is 29.4 Å². The van der Waals surface area contributed by atoms with Gasteiger partial charge in [-0.15, -0.1) is 0 Å². The summed E-state index contributed by atoms with van der Waals surface area (Å²) in [7, 11) is 0. The molecule has 6 atom stereocenters. The summed E-state index contributed by atoms with van der Waals surface area (Å²) in [6.07, 6.45) is 7.53. The van der Waals surface area contributed by atoms with Gasteiger partial charge >= 0.3 is 0 Å². The predicted octanol–water partition coefficient (Wildman–Crippen LogP) is 3.90. The molecule has 5 aliphatic rings. The van der Waals surface area contributed by atoms with Crippen molar-refractivity contribution in [2.45, 2.75) is 135 Å². The van der Waals surface area contributed by atoms with Gasteiger partial charge in [-0.1, -0.05) is 75.8 Å². The van der Waals surface area contributed by atoms with Crippen LogP contribution in [0.15, 0.2) is 29.4 Å². The molecule has 2 saturated heterocycles. The first-order valence-electron chi connectivity index (χ1n) is 19.8. The zero-order valence-electron chi connectivity index (χ0n) is 32.0. The minimum absolute atomic E-state index is 0.00596. The normalized spacial score (nSPS) is 26.5. The van der Waals surface area contributed by atoms with Crippen LogP contribution in [0.3, 0.4) is 0 Å². The van der Waals surface area contributed by atoms with Crippen molar-refractivity contribution < 1.29 is 33.6 Å². The van der Waals surface area contributed by atoms with E-state index in [9.17, 15) is 28.8 Å². The lowest BCUT2D eigenvalue weighted by Crippen LogP contribution is -2.60. The topological polar surface area (TPSA) is 167 Å². The lowest BCUT2D eigenvalue weighted by Gasteiger charge is -2.38. The van der Waals surface area contributed by atoms with Crippen molar-refractivity contribution in [2.75, 3.05) is 19.6 Å². The van der Waals surface area contributed by atoms with Gasteiger partial charge in [0.25, 0.3) is 5.91 Å². The van der Waals surface area contributed by atoms with E-state index in [-0.39, 0.29) is 43.7 Å². The largest absolute Gasteiger partial charge is 0.387 e. The number of halogens is 1. The van der Waals surface area contributed by atoms with Crippen LogP contribution in [0.25, 0.3) is 0 Å². The van der Waals surface area contributed by atoms with Crippen molar-refractivity contribution >= 4 is 52.6 Å². The maximum absolute atomic E-state index is 14.9. The number of likely N-dealkylation sites (tertiary alicyclic amines) is 2. The Labute approximate surface area is 322 Å². The molecule has 5 amide bonds. The molecule has 13 nitrogen and oxygen atoms in total. The molecule has 0 radical (unpaired) electrons. The Morgan fingerprint density at radius 1 is 0.963 bits per heavy atom. The van der Waals surface area contributed by atoms with Crippen molar-refractivity contribution in [2.24, 2.45) is 22.4 Å². The molecule has 2 aliphatic carbocycles. The van der Waals surface area contributed by atoms with Crippen LogP contribution in [0.1, 0.15) is 110 Å². The number of nitrogens with zero attached hydrogens (tertiary/aromatic N) is 3. The van der Waals surface area contributed by atoms with Crippen LogP contribution in [-0.2, 0) is 33.6 Å². The second kappa shape index (κ2) is 16.4. The van der Waals surface area contributed by atoms with E-state index in [1.807, 2.05) is 44.7 Å². The highest BCUT2D eigenvalue weighted by Gasteiger charge is 2.56. The highest BCUT2D eigenvalue weighted by Crippen LogP contribution is 2.41. The molecular weight excluding hydrogens is 712 g/mol. The number of nitrogens with one attached hydrogen (secondary N) is 3. The Hall–Kier alpha value is -4.00. The molecule has 1 aromatic rings. The molecule has 6 rings (SSSR count). The van der Waals surface area contributed by atoms with Crippen LogP contribution in [0.4, 0.5) is 0 Å². The van der Waals surface area contributed by atoms with E-state index in [0.29, 0.717) is 43.1 Å². The van der Waals surface area contributed by atoms with Gasteiger partial charge in [0.05, 0.1) is 18.3 Å². The van der Waals surface area contributed by atoms with Gasteiger partial charge in [-0.25, -0.2) is 0 Å². The Morgan fingerprint density at radius 3 is 2.31 bits per heavy atom. The van der Waals surface area contributed by atoms with Crippen LogP contribution in [0, 0.1) is 17.3 Å². The zero-order chi connectivity index (χ0) is 38.8. The Balaban J connectivity index is 1.25. The summed E-state index contributed by atoms with van der Waals surface area (Å²) in [5, 5.41) is 13.5. The first-order chi connectivity index (χ1) is 25.7. The number of oxime groups is 1. The molecule has 0 aromatic heterocycles. The molecule has 3 heterocycles. The van der Waals surface area contributed by atoms with Crippen LogP contribution in [-0.4, -0.2) is 100 Å². The van der Waals surface area contributed by atoms with E-state index in [1.165, 1.54) is 4.90 Å². The van der Waals surface area contributed by atoms with E-state index < -0.39 is 64.5 Å². The molecule has 0 bridgehead atoms. The van der Waals surface area contributed by atoms with Gasteiger partial charge in [0.15, 0.2) is 5.60 Å². The van der Waals surface area contributed by atoms with Gasteiger partial charge < -0.3 is 30.6 Å². The summed E-state index contributed by atoms with van der Waals surface area (Å²) < 4.78 is 0. The number of benzene rings is 1. The van der Waals surface area contributed by atoms with Gasteiger partial charge in [-0.3, -0.25) is 28.8 Å². The monoisotopic (exact) mass is 766 g/mol. The molecule has 2 unspecified atom stereocenters.